The van der Waals surface area contributed by atoms with Crippen LogP contribution >= 0.6 is 27.3 Å². The molecule has 0 saturated heterocycles. The summed E-state index contributed by atoms with van der Waals surface area (Å²) < 4.78 is 12.1. The Hall–Kier alpha value is -1.04. The lowest BCUT2D eigenvalue weighted by molar-refractivity contribution is 0.171. The van der Waals surface area contributed by atoms with Crippen molar-refractivity contribution in [3.8, 4) is 11.5 Å². The average Bonchev–Trinajstić information content (AvgIpc) is 2.83. The van der Waals surface area contributed by atoms with E-state index in [0.29, 0.717) is 13.2 Å². The van der Waals surface area contributed by atoms with E-state index >= 15 is 0 Å². The molecule has 5 heteroatoms. The smallest absolute Gasteiger partial charge is 0.161 e. The second-order valence-electron chi connectivity index (χ2n) is 4.06. The van der Waals surface area contributed by atoms with Crippen molar-refractivity contribution in [2.75, 3.05) is 13.2 Å². The molecular formula is C13H12BrNO2S. The number of fused-ring (bicyclic) bond motifs is 1. The van der Waals surface area contributed by atoms with E-state index in [0.717, 1.165) is 27.1 Å². The molecule has 1 aliphatic rings. The van der Waals surface area contributed by atoms with E-state index in [4.69, 9.17) is 15.2 Å². The van der Waals surface area contributed by atoms with Gasteiger partial charge in [0.05, 0.1) is 6.04 Å². The van der Waals surface area contributed by atoms with Gasteiger partial charge in [-0.15, -0.1) is 0 Å². The van der Waals surface area contributed by atoms with E-state index in [1.807, 2.05) is 23.6 Å². The highest BCUT2D eigenvalue weighted by Crippen LogP contribution is 2.35. The van der Waals surface area contributed by atoms with Crippen LogP contribution in [-0.2, 0) is 0 Å². The summed E-state index contributed by atoms with van der Waals surface area (Å²) in [5.41, 5.74) is 8.40. The van der Waals surface area contributed by atoms with Gasteiger partial charge in [0.15, 0.2) is 11.5 Å². The van der Waals surface area contributed by atoms with E-state index in [1.54, 1.807) is 11.3 Å². The second-order valence-corrected chi connectivity index (χ2v) is 5.65. The zero-order valence-corrected chi connectivity index (χ0v) is 12.0. The lowest BCUT2D eigenvalue weighted by atomic mass is 10.0. The zero-order chi connectivity index (χ0) is 12.5. The number of rotatable bonds is 2. The van der Waals surface area contributed by atoms with Gasteiger partial charge < -0.3 is 15.2 Å². The minimum atomic E-state index is -0.151. The third-order valence-corrected chi connectivity index (χ3v) is 4.65. The van der Waals surface area contributed by atoms with E-state index in [2.05, 4.69) is 21.3 Å². The van der Waals surface area contributed by atoms with Crippen molar-refractivity contribution in [2.45, 2.75) is 6.04 Å². The fraction of sp³-hybridized carbons (Fsp3) is 0.231. The highest BCUT2D eigenvalue weighted by molar-refractivity contribution is 9.10. The number of halogens is 1. The van der Waals surface area contributed by atoms with Crippen molar-refractivity contribution in [1.82, 2.24) is 0 Å². The van der Waals surface area contributed by atoms with Crippen molar-refractivity contribution in [3.05, 3.63) is 44.6 Å². The quantitative estimate of drug-likeness (QED) is 0.921. The highest BCUT2D eigenvalue weighted by atomic mass is 79.9. The van der Waals surface area contributed by atoms with Crippen LogP contribution in [0.2, 0.25) is 0 Å². The summed E-state index contributed by atoms with van der Waals surface area (Å²) in [6.07, 6.45) is 0. The summed E-state index contributed by atoms with van der Waals surface area (Å²) in [7, 11) is 0. The van der Waals surface area contributed by atoms with Crippen LogP contribution in [0.3, 0.4) is 0 Å². The molecule has 1 unspecified atom stereocenters. The predicted molar refractivity (Wildman–Crippen MR) is 75.5 cm³/mol. The van der Waals surface area contributed by atoms with Crippen LogP contribution in [0.15, 0.2) is 33.4 Å². The van der Waals surface area contributed by atoms with Crippen LogP contribution < -0.4 is 15.2 Å². The number of thiophene rings is 1. The molecule has 0 radical (unpaired) electrons. The maximum absolute atomic E-state index is 6.28. The molecule has 1 aromatic carbocycles. The molecule has 2 aromatic rings. The number of hydrogen-bond donors (Lipinski definition) is 1. The maximum atomic E-state index is 6.28. The Balaban J connectivity index is 1.95. The van der Waals surface area contributed by atoms with Gasteiger partial charge in [-0.05, 0) is 44.6 Å². The molecule has 2 heterocycles. The van der Waals surface area contributed by atoms with Crippen LogP contribution in [0, 0.1) is 0 Å². The largest absolute Gasteiger partial charge is 0.486 e. The molecule has 3 rings (SSSR count). The first-order valence-electron chi connectivity index (χ1n) is 5.62. The molecule has 0 fully saturated rings. The summed E-state index contributed by atoms with van der Waals surface area (Å²) >= 11 is 5.15. The minimum Gasteiger partial charge on any atom is -0.486 e. The molecule has 0 amide bonds. The van der Waals surface area contributed by atoms with E-state index in [-0.39, 0.29) is 6.04 Å². The second kappa shape index (κ2) is 4.91. The number of nitrogens with two attached hydrogens (primary N) is 1. The molecule has 0 aliphatic carbocycles. The molecule has 2 N–H and O–H groups in total. The Labute approximate surface area is 118 Å². The van der Waals surface area contributed by atoms with Gasteiger partial charge in [0, 0.05) is 9.85 Å². The molecule has 0 bridgehead atoms. The Morgan fingerprint density at radius 3 is 2.67 bits per heavy atom. The van der Waals surface area contributed by atoms with Gasteiger partial charge in [0.2, 0.25) is 0 Å². The molecule has 94 valence electrons. The first-order valence-corrected chi connectivity index (χ1v) is 7.36. The highest BCUT2D eigenvalue weighted by Gasteiger charge is 2.17. The monoisotopic (exact) mass is 325 g/mol. The van der Waals surface area contributed by atoms with E-state index in [9.17, 15) is 0 Å². The van der Waals surface area contributed by atoms with Crippen molar-refractivity contribution < 1.29 is 9.47 Å². The average molecular weight is 326 g/mol. The molecule has 1 aromatic heterocycles. The van der Waals surface area contributed by atoms with Crippen molar-refractivity contribution in [2.24, 2.45) is 5.73 Å². The van der Waals surface area contributed by atoms with Gasteiger partial charge in [-0.1, -0.05) is 6.07 Å². The van der Waals surface area contributed by atoms with E-state index in [1.165, 1.54) is 0 Å². The molecule has 0 saturated carbocycles. The van der Waals surface area contributed by atoms with Crippen LogP contribution in [0.25, 0.3) is 0 Å². The van der Waals surface area contributed by atoms with Gasteiger partial charge >= 0.3 is 0 Å². The Morgan fingerprint density at radius 2 is 1.94 bits per heavy atom. The molecule has 1 atom stereocenters. The number of hydrogen-bond acceptors (Lipinski definition) is 4. The summed E-state index contributed by atoms with van der Waals surface area (Å²) in [5.74, 6) is 1.57. The topological polar surface area (TPSA) is 44.5 Å². The predicted octanol–water partition coefficient (Wildman–Crippen LogP) is 3.33. The first kappa shape index (κ1) is 12.0. The van der Waals surface area contributed by atoms with Crippen molar-refractivity contribution in [1.29, 1.82) is 0 Å². The Morgan fingerprint density at radius 1 is 1.17 bits per heavy atom. The Kier molecular flexibility index (Phi) is 3.28. The molecule has 3 nitrogen and oxygen atoms in total. The van der Waals surface area contributed by atoms with E-state index < -0.39 is 0 Å². The van der Waals surface area contributed by atoms with Crippen LogP contribution in [0.5, 0.6) is 11.5 Å². The molecule has 1 aliphatic heterocycles. The fourth-order valence-corrected chi connectivity index (χ4v) is 3.53. The normalized spacial score (nSPS) is 15.4. The molecular weight excluding hydrogens is 314 g/mol. The van der Waals surface area contributed by atoms with Crippen LogP contribution in [0.4, 0.5) is 0 Å². The van der Waals surface area contributed by atoms with Crippen LogP contribution in [-0.4, -0.2) is 13.2 Å². The third kappa shape index (κ3) is 2.13. The SMILES string of the molecule is NC(c1ccc2c(c1)OCCO2)c1cscc1Br. The van der Waals surface area contributed by atoms with Crippen molar-refractivity contribution in [3.63, 3.8) is 0 Å². The van der Waals surface area contributed by atoms with Crippen molar-refractivity contribution >= 4 is 27.3 Å². The standard InChI is InChI=1S/C13H12BrNO2S/c14-10-7-18-6-9(10)13(15)8-1-2-11-12(5-8)17-4-3-16-11/h1-2,5-7,13H,3-4,15H2. The summed E-state index contributed by atoms with van der Waals surface area (Å²) in [5, 5.41) is 4.10. The summed E-state index contributed by atoms with van der Waals surface area (Å²) in [6.45, 7) is 1.20. The van der Waals surface area contributed by atoms with Crippen LogP contribution in [0.1, 0.15) is 17.2 Å². The molecule has 18 heavy (non-hydrogen) atoms. The molecule has 0 spiro atoms. The van der Waals surface area contributed by atoms with Gasteiger partial charge in [-0.2, -0.15) is 11.3 Å². The van der Waals surface area contributed by atoms with Gasteiger partial charge in [-0.25, -0.2) is 0 Å². The summed E-state index contributed by atoms with van der Waals surface area (Å²) in [4.78, 5) is 0. The summed E-state index contributed by atoms with van der Waals surface area (Å²) in [6, 6.07) is 5.72. The fourth-order valence-electron chi connectivity index (χ4n) is 1.95. The maximum Gasteiger partial charge on any atom is 0.161 e. The number of ether oxygens (including phenoxy) is 2. The van der Waals surface area contributed by atoms with Gasteiger partial charge in [0.25, 0.3) is 0 Å². The number of benzene rings is 1. The first-order chi connectivity index (χ1) is 8.75. The lowest BCUT2D eigenvalue weighted by Gasteiger charge is -2.20. The minimum absolute atomic E-state index is 0.151. The van der Waals surface area contributed by atoms with Gasteiger partial charge in [0.1, 0.15) is 13.2 Å². The Bertz CT molecular complexity index is 570. The lowest BCUT2D eigenvalue weighted by Crippen LogP contribution is -2.17. The van der Waals surface area contributed by atoms with Gasteiger partial charge in [-0.3, -0.25) is 0 Å². The zero-order valence-electron chi connectivity index (χ0n) is 9.56. The third-order valence-electron chi connectivity index (χ3n) is 2.90.